The third-order valence-electron chi connectivity index (χ3n) is 3.76. The van der Waals surface area contributed by atoms with Gasteiger partial charge in [0.1, 0.15) is 5.82 Å². The molecule has 0 aliphatic heterocycles. The second-order valence-electron chi connectivity index (χ2n) is 5.45. The third kappa shape index (κ3) is 7.29. The molecule has 3 nitrogen and oxygen atoms in total. The van der Waals surface area contributed by atoms with Crippen molar-refractivity contribution in [1.82, 2.24) is 5.32 Å². The molecule has 0 unspecified atom stereocenters. The van der Waals surface area contributed by atoms with E-state index in [9.17, 15) is 0 Å². The zero-order valence-corrected chi connectivity index (χ0v) is 17.3. The molecule has 0 heterocycles. The van der Waals surface area contributed by atoms with Crippen LogP contribution >= 0.6 is 0 Å². The number of hydrogen-bond acceptors (Lipinski definition) is 2. The summed E-state index contributed by atoms with van der Waals surface area (Å²) < 4.78 is 0. The van der Waals surface area contributed by atoms with Gasteiger partial charge in [0.2, 0.25) is 0 Å². The molecule has 0 amide bonds. The Morgan fingerprint density at radius 2 is 1.90 bits per heavy atom. The van der Waals surface area contributed by atoms with E-state index < -0.39 is 0 Å². The minimum Gasteiger partial charge on any atom is -0.687 e. The monoisotopic (exact) mass is 313 g/mol. The van der Waals surface area contributed by atoms with Crippen LogP contribution in [0.1, 0.15) is 46.0 Å². The number of nitrogens with zero attached hydrogens (tertiary/aromatic N) is 2. The topological polar surface area (TPSA) is 38.5 Å². The summed E-state index contributed by atoms with van der Waals surface area (Å²) in [6.45, 7) is 12.9. The van der Waals surface area contributed by atoms with Gasteiger partial charge in [-0.2, -0.15) is 0 Å². The molecule has 0 atom stereocenters. The van der Waals surface area contributed by atoms with Gasteiger partial charge in [-0.05, 0) is 38.2 Å². The molecule has 0 aromatic heterocycles. The molecule has 1 fully saturated rings. The fourth-order valence-electron chi connectivity index (χ4n) is 2.66. The van der Waals surface area contributed by atoms with Gasteiger partial charge in [-0.15, -0.1) is 19.3 Å². The molecule has 0 bridgehead atoms. The van der Waals surface area contributed by atoms with E-state index in [1.165, 1.54) is 32.1 Å². The van der Waals surface area contributed by atoms with Crippen molar-refractivity contribution in [2.24, 2.45) is 10.9 Å². The molecule has 0 aromatic carbocycles. The predicted molar refractivity (Wildman–Crippen MR) is 89.0 cm³/mol. The van der Waals surface area contributed by atoms with Crippen LogP contribution in [-0.2, 0) is 0 Å². The maximum Gasteiger partial charge on any atom is 1.00 e. The van der Waals surface area contributed by atoms with Gasteiger partial charge in [0.15, 0.2) is 0 Å². The molecule has 1 aliphatic carbocycles. The van der Waals surface area contributed by atoms with E-state index >= 15 is 0 Å². The molecule has 112 valence electrons. The molecule has 1 aliphatic rings. The Bertz CT molecular complexity index is 404. The van der Waals surface area contributed by atoms with Crippen molar-refractivity contribution < 1.29 is 51.4 Å². The molecule has 1 saturated carbocycles. The van der Waals surface area contributed by atoms with E-state index in [1.54, 1.807) is 13.3 Å². The minimum absolute atomic E-state index is 0. The van der Waals surface area contributed by atoms with Crippen LogP contribution in [0.25, 0.3) is 5.32 Å². The van der Waals surface area contributed by atoms with Gasteiger partial charge in [-0.3, -0.25) is 0 Å². The summed E-state index contributed by atoms with van der Waals surface area (Å²) in [6, 6.07) is 0. The fraction of sp³-hybridized carbons (Fsp3) is 0.588. The number of hydrogen-bond donors (Lipinski definition) is 1. The van der Waals surface area contributed by atoms with Crippen LogP contribution in [0.2, 0.25) is 0 Å². The second-order valence-corrected chi connectivity index (χ2v) is 5.45. The van der Waals surface area contributed by atoms with Crippen LogP contribution in [0.4, 0.5) is 0 Å². The number of aliphatic imine (C=N–C) groups is 1. The van der Waals surface area contributed by atoms with Crippen molar-refractivity contribution in [2.75, 3.05) is 13.6 Å². The number of nitrogens with one attached hydrogen (secondary N) is 1. The van der Waals surface area contributed by atoms with Crippen molar-refractivity contribution >= 4 is 6.21 Å². The fourth-order valence-corrected chi connectivity index (χ4v) is 2.66. The Morgan fingerprint density at radius 3 is 2.38 bits per heavy atom. The zero-order valence-electron chi connectivity index (χ0n) is 14.2. The Kier molecular flexibility index (Phi) is 11.7. The zero-order chi connectivity index (χ0) is 15.0. The number of likely N-dealkylation sites (N-methyl/N-ethyl adjacent to an activating group) is 1. The number of allylic oxidation sites excluding steroid dienone is 1. The van der Waals surface area contributed by atoms with Crippen molar-refractivity contribution in [3.05, 3.63) is 41.1 Å². The molecular formula is C17H28KN3. The quantitative estimate of drug-likeness (QED) is 0.432. The van der Waals surface area contributed by atoms with Gasteiger partial charge in [-0.1, -0.05) is 25.8 Å². The molecule has 0 saturated heterocycles. The van der Waals surface area contributed by atoms with Crippen LogP contribution in [-0.4, -0.2) is 19.8 Å². The van der Waals surface area contributed by atoms with Gasteiger partial charge in [0.25, 0.3) is 0 Å². The van der Waals surface area contributed by atoms with Crippen LogP contribution < -0.4 is 56.7 Å². The van der Waals surface area contributed by atoms with E-state index in [4.69, 9.17) is 0 Å². The Morgan fingerprint density at radius 1 is 1.29 bits per heavy atom. The van der Waals surface area contributed by atoms with Crippen molar-refractivity contribution in [2.45, 2.75) is 46.0 Å². The van der Waals surface area contributed by atoms with Crippen molar-refractivity contribution in [1.29, 1.82) is 0 Å². The van der Waals surface area contributed by atoms with Gasteiger partial charge in [0.05, 0.1) is 0 Å². The molecule has 0 radical (unpaired) electrons. The summed E-state index contributed by atoms with van der Waals surface area (Å²) >= 11 is 0. The average molecular weight is 314 g/mol. The first-order valence-electron chi connectivity index (χ1n) is 7.52. The molecule has 0 aromatic rings. The molecule has 21 heavy (non-hydrogen) atoms. The van der Waals surface area contributed by atoms with Gasteiger partial charge < -0.3 is 10.6 Å². The predicted octanol–water partition coefficient (Wildman–Crippen LogP) is 1.56. The largest absolute Gasteiger partial charge is 1.00 e. The Labute approximate surface area is 172 Å². The minimum atomic E-state index is 0. The van der Waals surface area contributed by atoms with Crippen LogP contribution in [0.15, 0.2) is 40.8 Å². The van der Waals surface area contributed by atoms with Crippen LogP contribution in [0.5, 0.6) is 0 Å². The van der Waals surface area contributed by atoms with Crippen LogP contribution in [0.3, 0.4) is 0 Å². The number of rotatable bonds is 7. The first-order valence-corrected chi connectivity index (χ1v) is 7.52. The average Bonchev–Trinajstić information content (AvgIpc) is 2.45. The normalized spacial score (nSPS) is 16.9. The molecule has 1 N–H and O–H groups in total. The molecular weight excluding hydrogens is 285 g/mol. The Balaban J connectivity index is 0.00000400. The van der Waals surface area contributed by atoms with E-state index in [-0.39, 0.29) is 51.4 Å². The molecule has 1 rings (SSSR count). The van der Waals surface area contributed by atoms with Crippen molar-refractivity contribution in [3.8, 4) is 0 Å². The van der Waals surface area contributed by atoms with Crippen molar-refractivity contribution in [3.63, 3.8) is 0 Å². The maximum absolute atomic E-state index is 4.46. The van der Waals surface area contributed by atoms with Gasteiger partial charge in [-0.25, -0.2) is 4.99 Å². The summed E-state index contributed by atoms with van der Waals surface area (Å²) in [5.74, 6) is 1.60. The second kappa shape index (κ2) is 11.7. The van der Waals surface area contributed by atoms with Gasteiger partial charge >= 0.3 is 51.4 Å². The standard InChI is InChI=1S/C17H28N3.K/c1-6-19-17(16(13(2)3)14(4)18-5)20-12-15-10-8-7-9-11-15;/h6,15,20H,2,4,7-12H2,1,3,5H3;/q-1;+1/b17-16+,19-6-;. The first kappa shape index (κ1) is 21.1. The maximum atomic E-state index is 4.46. The molecule has 4 heteroatoms. The summed E-state index contributed by atoms with van der Waals surface area (Å²) in [6.07, 6.45) is 8.53. The van der Waals surface area contributed by atoms with E-state index in [2.05, 4.69) is 28.8 Å². The van der Waals surface area contributed by atoms with Crippen LogP contribution in [0, 0.1) is 5.92 Å². The van der Waals surface area contributed by atoms with E-state index in [0.29, 0.717) is 0 Å². The summed E-state index contributed by atoms with van der Waals surface area (Å²) in [5.41, 5.74) is 2.60. The summed E-state index contributed by atoms with van der Waals surface area (Å²) in [7, 11) is 1.75. The van der Waals surface area contributed by atoms with E-state index in [1.807, 2.05) is 13.8 Å². The summed E-state index contributed by atoms with van der Waals surface area (Å²) in [4.78, 5) is 4.46. The smallest absolute Gasteiger partial charge is 0.687 e. The molecule has 0 spiro atoms. The Hall–Kier alpha value is 0.126. The summed E-state index contributed by atoms with van der Waals surface area (Å²) in [5, 5.41) is 7.67. The van der Waals surface area contributed by atoms with Gasteiger partial charge in [0, 0.05) is 18.3 Å². The van der Waals surface area contributed by atoms with E-state index in [0.717, 1.165) is 35.1 Å². The SMILES string of the molecule is C=C(C)/C(C(=C)[N-]C)=C(/N=C\C)NCC1CCCCC1.[K+]. The first-order chi connectivity index (χ1) is 9.60. The third-order valence-corrected chi connectivity index (χ3v) is 3.76.